The molecule has 0 aliphatic heterocycles. The molecular weight excluding hydrogens is 234 g/mol. The molecule has 0 spiro atoms. The van der Waals surface area contributed by atoms with Crippen molar-refractivity contribution in [1.82, 2.24) is 0 Å². The molecule has 0 aliphatic carbocycles. The van der Waals surface area contributed by atoms with Crippen molar-refractivity contribution in [2.45, 2.75) is 57.7 Å². The van der Waals surface area contributed by atoms with Gasteiger partial charge in [0, 0.05) is 32.9 Å². The number of hydrogen-bond acceptors (Lipinski definition) is 3. The average molecular weight is 251 g/mol. The van der Waals surface area contributed by atoms with Crippen molar-refractivity contribution in [3.05, 3.63) is 31.3 Å². The lowest BCUT2D eigenvalue weighted by Gasteiger charge is -2.18. The highest BCUT2D eigenvalue weighted by atomic mass is 15.2. The molecule has 2 atom stereocenters. The topological polar surface area (TPSA) is 146 Å². The first-order chi connectivity index (χ1) is 8.71. The Morgan fingerprint density at radius 2 is 1.06 bits per heavy atom. The van der Waals surface area contributed by atoms with Gasteiger partial charge >= 0.3 is 0 Å². The lowest BCUT2D eigenvalue weighted by molar-refractivity contribution is 0.443. The van der Waals surface area contributed by atoms with Crippen LogP contribution in [0, 0.1) is 0 Å². The molecule has 0 rings (SSSR count). The third-order valence-corrected chi connectivity index (χ3v) is 2.68. The summed E-state index contributed by atoms with van der Waals surface area (Å²) in [5, 5.41) is 11.0. The molecule has 0 saturated heterocycles. The quantitative estimate of drug-likeness (QED) is 0.319. The minimum Gasteiger partial charge on any atom is -0.0906 e. The van der Waals surface area contributed by atoms with Crippen LogP contribution in [0.2, 0.25) is 0 Å². The van der Waals surface area contributed by atoms with Gasteiger partial charge in [-0.3, -0.25) is 0 Å². The van der Waals surface area contributed by atoms with Crippen LogP contribution in [0.3, 0.4) is 0 Å². The summed E-state index contributed by atoms with van der Waals surface area (Å²) < 4.78 is 0. The third kappa shape index (κ3) is 6.50. The summed E-state index contributed by atoms with van der Waals surface area (Å²) in [6.45, 7) is 3.80. The molecule has 0 N–H and O–H groups in total. The van der Waals surface area contributed by atoms with E-state index in [2.05, 4.69) is 30.1 Å². The zero-order valence-corrected chi connectivity index (χ0v) is 10.6. The van der Waals surface area contributed by atoms with Gasteiger partial charge in [-0.15, -0.1) is 0 Å². The molecule has 0 radical (unpaired) electrons. The van der Waals surface area contributed by atoms with Crippen molar-refractivity contribution < 1.29 is 0 Å². The molecule has 0 fully saturated rings. The van der Waals surface area contributed by atoms with Crippen LogP contribution in [0.1, 0.15) is 39.5 Å². The van der Waals surface area contributed by atoms with Crippen LogP contribution in [-0.2, 0) is 0 Å². The summed E-state index contributed by atoms with van der Waals surface area (Å²) >= 11 is 0. The van der Waals surface area contributed by atoms with Gasteiger partial charge in [0.05, 0.1) is 0 Å². The first-order valence-electron chi connectivity index (χ1n) is 5.84. The van der Waals surface area contributed by atoms with Crippen molar-refractivity contribution in [1.29, 1.82) is 0 Å². The molecule has 0 aromatic carbocycles. The molecule has 98 valence electrons. The Morgan fingerprint density at radius 1 is 0.722 bits per heavy atom. The summed E-state index contributed by atoms with van der Waals surface area (Å²) in [4.78, 5) is 8.31. The Bertz CT molecular complexity index is 345. The van der Waals surface area contributed by atoms with E-state index in [9.17, 15) is 0 Å². The summed E-state index contributed by atoms with van der Waals surface area (Å²) in [5.41, 5.74) is 25.3. The van der Waals surface area contributed by atoms with Gasteiger partial charge in [0.25, 0.3) is 0 Å². The van der Waals surface area contributed by atoms with Crippen LogP contribution in [0.15, 0.2) is 15.3 Å². The van der Waals surface area contributed by atoms with Crippen LogP contribution in [0.25, 0.3) is 31.3 Å². The van der Waals surface area contributed by atoms with Gasteiger partial charge in [0.1, 0.15) is 0 Å². The maximum absolute atomic E-state index is 8.52. The number of hydrogen-bond donors (Lipinski definition) is 0. The van der Waals surface area contributed by atoms with Crippen molar-refractivity contribution >= 4 is 0 Å². The minimum absolute atomic E-state index is 0.200. The monoisotopic (exact) mass is 251 g/mol. The predicted octanol–water partition coefficient (Wildman–Crippen LogP) is 4.62. The van der Waals surface area contributed by atoms with E-state index in [1.165, 1.54) is 0 Å². The minimum atomic E-state index is -0.319. The third-order valence-electron chi connectivity index (χ3n) is 2.68. The Labute approximate surface area is 105 Å². The van der Waals surface area contributed by atoms with Crippen LogP contribution in [0.4, 0.5) is 0 Å². The van der Waals surface area contributed by atoms with Crippen molar-refractivity contribution in [3.63, 3.8) is 0 Å². The van der Waals surface area contributed by atoms with Gasteiger partial charge < -0.3 is 0 Å². The normalized spacial score (nSPS) is 14.3. The fourth-order valence-electron chi connectivity index (χ4n) is 1.63. The summed E-state index contributed by atoms with van der Waals surface area (Å²) in [6.07, 6.45) is 2.31. The molecule has 9 nitrogen and oxygen atoms in total. The van der Waals surface area contributed by atoms with Gasteiger partial charge in [-0.05, 0) is 42.3 Å². The highest BCUT2D eigenvalue weighted by Gasteiger charge is 2.17. The lowest BCUT2D eigenvalue weighted by Crippen LogP contribution is -2.18. The van der Waals surface area contributed by atoms with E-state index in [-0.39, 0.29) is 18.1 Å². The van der Waals surface area contributed by atoms with E-state index in [1.807, 2.05) is 13.8 Å². The SMILES string of the molecule is CCC(CC(CC(CC)N=[N+]=[N-])N=[N+]=[N-])N=[N+]=[N-]. The summed E-state index contributed by atoms with van der Waals surface area (Å²) in [5.74, 6) is 0. The zero-order valence-electron chi connectivity index (χ0n) is 10.6. The van der Waals surface area contributed by atoms with Crippen LogP contribution in [-0.4, -0.2) is 18.1 Å². The smallest absolute Gasteiger partial charge is 0.0382 e. The summed E-state index contributed by atoms with van der Waals surface area (Å²) in [6, 6.07) is -0.718. The van der Waals surface area contributed by atoms with Crippen LogP contribution >= 0.6 is 0 Å². The number of azide groups is 3. The van der Waals surface area contributed by atoms with E-state index < -0.39 is 0 Å². The average Bonchev–Trinajstić information content (AvgIpc) is 2.37. The number of rotatable bonds is 9. The maximum atomic E-state index is 8.52. The molecule has 0 aromatic heterocycles. The molecule has 0 heterocycles. The van der Waals surface area contributed by atoms with Gasteiger partial charge in [0.2, 0.25) is 0 Å². The zero-order chi connectivity index (χ0) is 13.8. The first-order valence-corrected chi connectivity index (χ1v) is 5.84. The molecule has 0 aromatic rings. The molecule has 0 amide bonds. The fourth-order valence-corrected chi connectivity index (χ4v) is 1.63. The van der Waals surface area contributed by atoms with Gasteiger partial charge in [-0.2, -0.15) is 0 Å². The summed E-state index contributed by atoms with van der Waals surface area (Å²) in [7, 11) is 0. The molecular formula is C9H17N9. The second-order valence-electron chi connectivity index (χ2n) is 3.86. The molecule has 18 heavy (non-hydrogen) atoms. The lowest BCUT2D eigenvalue weighted by atomic mass is 9.99. The Kier molecular flexibility index (Phi) is 8.95. The fraction of sp³-hybridized carbons (Fsp3) is 1.00. The van der Waals surface area contributed by atoms with Crippen LogP contribution in [0.5, 0.6) is 0 Å². The highest BCUT2D eigenvalue weighted by molar-refractivity contribution is 4.81. The van der Waals surface area contributed by atoms with Crippen LogP contribution < -0.4 is 0 Å². The van der Waals surface area contributed by atoms with E-state index in [0.29, 0.717) is 25.7 Å². The number of nitrogens with zero attached hydrogens (tertiary/aromatic N) is 9. The molecule has 0 bridgehead atoms. The van der Waals surface area contributed by atoms with Crippen molar-refractivity contribution in [2.75, 3.05) is 0 Å². The predicted molar refractivity (Wildman–Crippen MR) is 68.6 cm³/mol. The van der Waals surface area contributed by atoms with E-state index in [0.717, 1.165) is 0 Å². The van der Waals surface area contributed by atoms with Gasteiger partial charge in [-0.25, -0.2) is 0 Å². The Morgan fingerprint density at radius 3 is 1.33 bits per heavy atom. The molecule has 2 unspecified atom stereocenters. The highest BCUT2D eigenvalue weighted by Crippen LogP contribution is 2.18. The Balaban J connectivity index is 4.68. The second-order valence-corrected chi connectivity index (χ2v) is 3.86. The Hall–Kier alpha value is -2.07. The van der Waals surface area contributed by atoms with Crippen molar-refractivity contribution in [3.8, 4) is 0 Å². The largest absolute Gasteiger partial charge is 0.0906 e. The van der Waals surface area contributed by atoms with E-state index >= 15 is 0 Å². The molecule has 0 aliphatic rings. The standard InChI is InChI=1S/C9H17N9/c1-3-7(13-16-10)5-9(15-18-12)6-8(4-2)14-17-11/h7-9H,3-6H2,1-2H3. The maximum Gasteiger partial charge on any atom is 0.0382 e. The molecule has 9 heteroatoms. The van der Waals surface area contributed by atoms with E-state index in [1.54, 1.807) is 0 Å². The van der Waals surface area contributed by atoms with Gasteiger partial charge in [0.15, 0.2) is 0 Å². The first kappa shape index (κ1) is 15.9. The van der Waals surface area contributed by atoms with Gasteiger partial charge in [-0.1, -0.05) is 29.2 Å². The van der Waals surface area contributed by atoms with Crippen molar-refractivity contribution in [2.24, 2.45) is 15.3 Å². The van der Waals surface area contributed by atoms with E-state index in [4.69, 9.17) is 16.6 Å². The second kappa shape index (κ2) is 10.1. The molecule has 0 saturated carbocycles.